The topological polar surface area (TPSA) is 15.3 Å². The zero-order chi connectivity index (χ0) is 14.8. The van der Waals surface area contributed by atoms with E-state index in [2.05, 4.69) is 44.8 Å². The van der Waals surface area contributed by atoms with Crippen LogP contribution in [0.2, 0.25) is 0 Å². The highest BCUT2D eigenvalue weighted by Gasteiger charge is 2.39. The average Bonchev–Trinajstić information content (AvgIpc) is 3.19. The molecule has 2 fully saturated rings. The van der Waals surface area contributed by atoms with E-state index in [1.165, 1.54) is 45.2 Å². The van der Waals surface area contributed by atoms with Gasteiger partial charge in [-0.25, -0.2) is 0 Å². The van der Waals surface area contributed by atoms with Crippen LogP contribution in [0.15, 0.2) is 0 Å². The Hall–Kier alpha value is -0.0800. The average molecular weight is 281 g/mol. The Kier molecular flexibility index (Phi) is 5.53. The lowest BCUT2D eigenvalue weighted by molar-refractivity contribution is 0.0587. The van der Waals surface area contributed by atoms with Crippen molar-refractivity contribution >= 4 is 0 Å². The van der Waals surface area contributed by atoms with Gasteiger partial charge in [0, 0.05) is 18.6 Å². The number of nitrogens with zero attached hydrogens (tertiary/aromatic N) is 1. The van der Waals surface area contributed by atoms with Gasteiger partial charge in [-0.1, -0.05) is 34.6 Å². The molecule has 2 nitrogen and oxygen atoms in total. The molecule has 0 bridgehead atoms. The van der Waals surface area contributed by atoms with E-state index in [4.69, 9.17) is 0 Å². The summed E-state index contributed by atoms with van der Waals surface area (Å²) in [6.07, 6.45) is 7.09. The van der Waals surface area contributed by atoms with Crippen LogP contribution in [0.5, 0.6) is 0 Å². The van der Waals surface area contributed by atoms with E-state index in [9.17, 15) is 0 Å². The normalized spacial score (nSPS) is 31.8. The second-order valence-corrected chi connectivity index (χ2v) is 8.14. The fourth-order valence-electron chi connectivity index (χ4n) is 3.97. The summed E-state index contributed by atoms with van der Waals surface area (Å²) in [4.78, 5) is 2.79. The molecule has 0 amide bonds. The maximum Gasteiger partial charge on any atom is 0.0252 e. The van der Waals surface area contributed by atoms with Gasteiger partial charge < -0.3 is 5.32 Å². The van der Waals surface area contributed by atoms with Crippen LogP contribution < -0.4 is 5.32 Å². The lowest BCUT2D eigenvalue weighted by atomic mass is 9.69. The van der Waals surface area contributed by atoms with Crippen molar-refractivity contribution in [1.82, 2.24) is 10.2 Å². The van der Waals surface area contributed by atoms with Crippen LogP contribution in [0.25, 0.3) is 0 Å². The van der Waals surface area contributed by atoms with Gasteiger partial charge in [-0.3, -0.25) is 4.90 Å². The van der Waals surface area contributed by atoms with Gasteiger partial charge in [-0.05, 0) is 62.4 Å². The minimum atomic E-state index is 0.467. The highest BCUT2D eigenvalue weighted by Crippen LogP contribution is 2.40. The first kappa shape index (κ1) is 16.3. The lowest BCUT2D eigenvalue weighted by Gasteiger charge is -2.46. The quantitative estimate of drug-likeness (QED) is 0.793. The van der Waals surface area contributed by atoms with Crippen LogP contribution in [-0.4, -0.2) is 36.6 Å². The van der Waals surface area contributed by atoms with Gasteiger partial charge in [0.2, 0.25) is 0 Å². The Labute approximate surface area is 126 Å². The second-order valence-electron chi connectivity index (χ2n) is 8.14. The van der Waals surface area contributed by atoms with Crippen molar-refractivity contribution in [3.63, 3.8) is 0 Å². The standard InChI is InChI=1S/C18H36N2/c1-6-19-16-11-10-15(18(3,4)5)12-17(16)20(7-2)13-14-8-9-14/h14-17,19H,6-13H2,1-5H3. The number of nitrogens with one attached hydrogen (secondary N) is 1. The molecular formula is C18H36N2. The van der Waals surface area contributed by atoms with Crippen LogP contribution in [0, 0.1) is 17.3 Å². The molecular weight excluding hydrogens is 244 g/mol. The fraction of sp³-hybridized carbons (Fsp3) is 1.00. The highest BCUT2D eigenvalue weighted by molar-refractivity contribution is 4.95. The Morgan fingerprint density at radius 3 is 2.25 bits per heavy atom. The number of likely N-dealkylation sites (N-methyl/N-ethyl adjacent to an activating group) is 2. The van der Waals surface area contributed by atoms with Crippen LogP contribution in [0.3, 0.4) is 0 Å². The molecule has 2 saturated carbocycles. The van der Waals surface area contributed by atoms with E-state index >= 15 is 0 Å². The smallest absolute Gasteiger partial charge is 0.0252 e. The van der Waals surface area contributed by atoms with Gasteiger partial charge in [0.15, 0.2) is 0 Å². The molecule has 0 spiro atoms. The van der Waals surface area contributed by atoms with Gasteiger partial charge in [-0.15, -0.1) is 0 Å². The maximum atomic E-state index is 3.77. The fourth-order valence-corrected chi connectivity index (χ4v) is 3.97. The first-order valence-corrected chi connectivity index (χ1v) is 8.93. The lowest BCUT2D eigenvalue weighted by Crippen LogP contribution is -2.54. The van der Waals surface area contributed by atoms with Crippen LogP contribution in [0.1, 0.15) is 66.7 Å². The molecule has 2 rings (SSSR count). The van der Waals surface area contributed by atoms with E-state index in [0.29, 0.717) is 5.41 Å². The Morgan fingerprint density at radius 2 is 1.75 bits per heavy atom. The minimum absolute atomic E-state index is 0.467. The maximum absolute atomic E-state index is 3.77. The number of hydrogen-bond acceptors (Lipinski definition) is 2. The molecule has 0 aliphatic heterocycles. The van der Waals surface area contributed by atoms with Crippen molar-refractivity contribution in [3.8, 4) is 0 Å². The van der Waals surface area contributed by atoms with Gasteiger partial charge in [0.05, 0.1) is 0 Å². The Balaban J connectivity index is 2.04. The van der Waals surface area contributed by atoms with Crippen molar-refractivity contribution in [2.45, 2.75) is 78.8 Å². The molecule has 20 heavy (non-hydrogen) atoms. The summed E-state index contributed by atoms with van der Waals surface area (Å²) in [5.41, 5.74) is 0.467. The summed E-state index contributed by atoms with van der Waals surface area (Å²) in [5.74, 6) is 1.89. The third-order valence-corrected chi connectivity index (χ3v) is 5.57. The van der Waals surface area contributed by atoms with Crippen molar-refractivity contribution in [2.24, 2.45) is 17.3 Å². The predicted molar refractivity (Wildman–Crippen MR) is 88.0 cm³/mol. The summed E-state index contributed by atoms with van der Waals surface area (Å²) in [6, 6.07) is 1.48. The Morgan fingerprint density at radius 1 is 1.05 bits per heavy atom. The first-order chi connectivity index (χ1) is 9.45. The van der Waals surface area contributed by atoms with E-state index in [1.807, 2.05) is 0 Å². The molecule has 0 heterocycles. The third-order valence-electron chi connectivity index (χ3n) is 5.57. The first-order valence-electron chi connectivity index (χ1n) is 8.93. The van der Waals surface area contributed by atoms with Crippen molar-refractivity contribution in [2.75, 3.05) is 19.6 Å². The largest absolute Gasteiger partial charge is 0.313 e. The zero-order valence-electron chi connectivity index (χ0n) is 14.4. The molecule has 3 atom stereocenters. The van der Waals surface area contributed by atoms with E-state index in [-0.39, 0.29) is 0 Å². The molecule has 2 aliphatic rings. The van der Waals surface area contributed by atoms with Crippen LogP contribution >= 0.6 is 0 Å². The summed E-state index contributed by atoms with van der Waals surface area (Å²) >= 11 is 0. The molecule has 0 saturated heterocycles. The molecule has 1 N–H and O–H groups in total. The third kappa shape index (κ3) is 4.21. The number of hydrogen-bond donors (Lipinski definition) is 1. The summed E-state index contributed by atoms with van der Waals surface area (Å²) < 4.78 is 0. The second kappa shape index (κ2) is 6.79. The molecule has 0 aromatic heterocycles. The summed E-state index contributed by atoms with van der Waals surface area (Å²) in [6.45, 7) is 15.6. The molecule has 2 heteroatoms. The molecule has 3 unspecified atom stereocenters. The van der Waals surface area contributed by atoms with Crippen molar-refractivity contribution in [1.29, 1.82) is 0 Å². The Bertz CT molecular complexity index is 290. The minimum Gasteiger partial charge on any atom is -0.313 e. The van der Waals surface area contributed by atoms with Gasteiger partial charge in [0.1, 0.15) is 0 Å². The van der Waals surface area contributed by atoms with E-state index in [0.717, 1.165) is 30.5 Å². The molecule has 2 aliphatic carbocycles. The van der Waals surface area contributed by atoms with Crippen LogP contribution in [0.4, 0.5) is 0 Å². The van der Waals surface area contributed by atoms with Crippen molar-refractivity contribution in [3.05, 3.63) is 0 Å². The van der Waals surface area contributed by atoms with Gasteiger partial charge >= 0.3 is 0 Å². The van der Waals surface area contributed by atoms with Gasteiger partial charge in [-0.2, -0.15) is 0 Å². The molecule has 0 radical (unpaired) electrons. The highest BCUT2D eigenvalue weighted by atomic mass is 15.2. The van der Waals surface area contributed by atoms with Crippen molar-refractivity contribution < 1.29 is 0 Å². The van der Waals surface area contributed by atoms with Gasteiger partial charge in [0.25, 0.3) is 0 Å². The zero-order valence-corrected chi connectivity index (χ0v) is 14.4. The monoisotopic (exact) mass is 280 g/mol. The SMILES string of the molecule is CCNC1CCC(C(C)(C)C)CC1N(CC)CC1CC1. The molecule has 0 aromatic carbocycles. The summed E-state index contributed by atoms with van der Waals surface area (Å²) in [7, 11) is 0. The predicted octanol–water partition coefficient (Wildman–Crippen LogP) is 3.91. The van der Waals surface area contributed by atoms with E-state index in [1.54, 1.807) is 0 Å². The van der Waals surface area contributed by atoms with Crippen LogP contribution in [-0.2, 0) is 0 Å². The molecule has 0 aromatic rings. The number of rotatable bonds is 6. The molecule has 118 valence electrons. The summed E-state index contributed by atoms with van der Waals surface area (Å²) in [5, 5.41) is 3.77. The van der Waals surface area contributed by atoms with E-state index < -0.39 is 0 Å².